The van der Waals surface area contributed by atoms with Gasteiger partial charge in [-0.1, -0.05) is 13.8 Å². The number of rotatable bonds is 7. The molecule has 0 spiro atoms. The van der Waals surface area contributed by atoms with E-state index in [0.29, 0.717) is 19.6 Å². The quantitative estimate of drug-likeness (QED) is 0.700. The monoisotopic (exact) mass is 264 g/mol. The van der Waals surface area contributed by atoms with E-state index in [9.17, 15) is 8.42 Å². The predicted octanol–water partition coefficient (Wildman–Crippen LogP) is 0.458. The lowest BCUT2D eigenvalue weighted by Crippen LogP contribution is -2.42. The van der Waals surface area contributed by atoms with Crippen LogP contribution in [0, 0.1) is 5.92 Å². The number of hydrogen-bond donors (Lipinski definition) is 2. The summed E-state index contributed by atoms with van der Waals surface area (Å²) >= 11 is 0. The maximum atomic E-state index is 11.9. The van der Waals surface area contributed by atoms with Crippen molar-refractivity contribution in [2.24, 2.45) is 11.7 Å². The highest BCUT2D eigenvalue weighted by Crippen LogP contribution is 2.15. The van der Waals surface area contributed by atoms with Crippen LogP contribution in [0.2, 0.25) is 0 Å². The normalized spacial score (nSPS) is 23.2. The van der Waals surface area contributed by atoms with Crippen molar-refractivity contribution in [1.82, 2.24) is 4.72 Å². The Hall–Kier alpha value is -0.170. The van der Waals surface area contributed by atoms with Gasteiger partial charge < -0.3 is 10.5 Å². The summed E-state index contributed by atoms with van der Waals surface area (Å²) in [6.07, 6.45) is 2.32. The molecule has 1 heterocycles. The fraction of sp³-hybridized carbons (Fsp3) is 1.00. The van der Waals surface area contributed by atoms with Crippen molar-refractivity contribution in [3.8, 4) is 0 Å². The first-order chi connectivity index (χ1) is 7.94. The Kier molecular flexibility index (Phi) is 5.85. The molecule has 1 saturated heterocycles. The molecule has 2 unspecified atom stereocenters. The van der Waals surface area contributed by atoms with Crippen molar-refractivity contribution in [2.75, 3.05) is 18.9 Å². The molecule has 1 fully saturated rings. The van der Waals surface area contributed by atoms with Crippen LogP contribution in [0.15, 0.2) is 0 Å². The Balaban J connectivity index is 2.50. The average Bonchev–Trinajstić information content (AvgIpc) is 2.68. The zero-order chi connectivity index (χ0) is 12.9. The molecule has 0 saturated carbocycles. The summed E-state index contributed by atoms with van der Waals surface area (Å²) in [7, 11) is -3.26. The molecule has 0 aliphatic carbocycles. The van der Waals surface area contributed by atoms with E-state index in [1.165, 1.54) is 0 Å². The van der Waals surface area contributed by atoms with Gasteiger partial charge >= 0.3 is 0 Å². The van der Waals surface area contributed by atoms with Gasteiger partial charge in [0.2, 0.25) is 10.0 Å². The van der Waals surface area contributed by atoms with Crippen LogP contribution in [-0.2, 0) is 14.8 Å². The topological polar surface area (TPSA) is 81.4 Å². The summed E-state index contributed by atoms with van der Waals surface area (Å²) in [5.74, 6) is 0.318. The smallest absolute Gasteiger partial charge is 0.214 e. The summed E-state index contributed by atoms with van der Waals surface area (Å²) in [6, 6.07) is -0.0774. The van der Waals surface area contributed by atoms with Crippen molar-refractivity contribution < 1.29 is 13.2 Å². The lowest BCUT2D eigenvalue weighted by Gasteiger charge is -2.22. The second kappa shape index (κ2) is 6.68. The number of hydrogen-bond acceptors (Lipinski definition) is 4. The van der Waals surface area contributed by atoms with Gasteiger partial charge in [-0.05, 0) is 31.7 Å². The summed E-state index contributed by atoms with van der Waals surface area (Å²) in [6.45, 7) is 5.16. The lowest BCUT2D eigenvalue weighted by molar-refractivity contribution is 0.127. The Labute approximate surface area is 104 Å². The highest BCUT2D eigenvalue weighted by Gasteiger charge is 2.26. The molecule has 3 N–H and O–H groups in total. The maximum absolute atomic E-state index is 11.9. The van der Waals surface area contributed by atoms with E-state index in [-0.39, 0.29) is 23.8 Å². The molecule has 1 aliphatic heterocycles. The van der Waals surface area contributed by atoms with Gasteiger partial charge in [0.05, 0.1) is 11.9 Å². The molecule has 1 aliphatic rings. The highest BCUT2D eigenvalue weighted by atomic mass is 32.2. The van der Waals surface area contributed by atoms with E-state index in [2.05, 4.69) is 4.72 Å². The predicted molar refractivity (Wildman–Crippen MR) is 68.2 cm³/mol. The Morgan fingerprint density at radius 1 is 1.47 bits per heavy atom. The largest absolute Gasteiger partial charge is 0.377 e. The molecule has 0 aromatic heterocycles. The Morgan fingerprint density at radius 3 is 2.65 bits per heavy atom. The van der Waals surface area contributed by atoms with Gasteiger partial charge in [-0.3, -0.25) is 0 Å². The Bertz CT molecular complexity index is 311. The van der Waals surface area contributed by atoms with Gasteiger partial charge in [0.15, 0.2) is 0 Å². The molecule has 0 aromatic carbocycles. The third-order valence-electron chi connectivity index (χ3n) is 3.04. The van der Waals surface area contributed by atoms with Gasteiger partial charge in [0, 0.05) is 12.6 Å². The first-order valence-electron chi connectivity index (χ1n) is 6.26. The molecule has 6 heteroatoms. The number of ether oxygens (including phenoxy) is 1. The zero-order valence-corrected chi connectivity index (χ0v) is 11.5. The molecule has 17 heavy (non-hydrogen) atoms. The highest BCUT2D eigenvalue weighted by molar-refractivity contribution is 7.89. The van der Waals surface area contributed by atoms with E-state index in [1.54, 1.807) is 0 Å². The Morgan fingerprint density at radius 2 is 2.18 bits per heavy atom. The molecule has 0 amide bonds. The minimum atomic E-state index is -3.26. The summed E-state index contributed by atoms with van der Waals surface area (Å²) in [5.41, 5.74) is 5.49. The molecule has 5 nitrogen and oxygen atoms in total. The zero-order valence-electron chi connectivity index (χ0n) is 10.7. The molecule has 1 rings (SSSR count). The van der Waals surface area contributed by atoms with Crippen molar-refractivity contribution in [1.29, 1.82) is 0 Å². The van der Waals surface area contributed by atoms with E-state index >= 15 is 0 Å². The van der Waals surface area contributed by atoms with Crippen LogP contribution < -0.4 is 10.5 Å². The SMILES string of the molecule is CC(C)C(CCN)NS(=O)(=O)CC1CCCO1. The van der Waals surface area contributed by atoms with Crippen LogP contribution in [-0.4, -0.2) is 39.5 Å². The van der Waals surface area contributed by atoms with E-state index < -0.39 is 10.0 Å². The summed E-state index contributed by atoms with van der Waals surface area (Å²) in [5, 5.41) is 0. The van der Waals surface area contributed by atoms with Gasteiger partial charge in [0.1, 0.15) is 0 Å². The lowest BCUT2D eigenvalue weighted by atomic mass is 10.0. The van der Waals surface area contributed by atoms with Gasteiger partial charge in [-0.25, -0.2) is 13.1 Å². The molecule has 0 aromatic rings. The van der Waals surface area contributed by atoms with Crippen molar-refractivity contribution in [3.05, 3.63) is 0 Å². The standard InChI is InChI=1S/C11H24N2O3S/c1-9(2)11(5-6-12)13-17(14,15)8-10-4-3-7-16-10/h9-11,13H,3-8,12H2,1-2H3. The van der Waals surface area contributed by atoms with Crippen LogP contribution in [0.1, 0.15) is 33.1 Å². The van der Waals surface area contributed by atoms with Gasteiger partial charge in [-0.15, -0.1) is 0 Å². The van der Waals surface area contributed by atoms with Crippen molar-refractivity contribution in [2.45, 2.75) is 45.3 Å². The van der Waals surface area contributed by atoms with Crippen LogP contribution in [0.25, 0.3) is 0 Å². The number of nitrogens with one attached hydrogen (secondary N) is 1. The second-order valence-corrected chi connectivity index (χ2v) is 6.76. The van der Waals surface area contributed by atoms with Crippen LogP contribution in [0.4, 0.5) is 0 Å². The molecule has 0 radical (unpaired) electrons. The summed E-state index contributed by atoms with van der Waals surface area (Å²) in [4.78, 5) is 0. The van der Waals surface area contributed by atoms with Gasteiger partial charge in [0.25, 0.3) is 0 Å². The first kappa shape index (κ1) is 14.9. The average molecular weight is 264 g/mol. The first-order valence-corrected chi connectivity index (χ1v) is 7.91. The molecule has 0 bridgehead atoms. The number of sulfonamides is 1. The van der Waals surface area contributed by atoms with E-state index in [4.69, 9.17) is 10.5 Å². The van der Waals surface area contributed by atoms with E-state index in [0.717, 1.165) is 12.8 Å². The van der Waals surface area contributed by atoms with Crippen molar-refractivity contribution in [3.63, 3.8) is 0 Å². The van der Waals surface area contributed by atoms with Crippen LogP contribution >= 0.6 is 0 Å². The minimum absolute atomic E-state index is 0.0702. The second-order valence-electron chi connectivity index (χ2n) is 4.96. The minimum Gasteiger partial charge on any atom is -0.377 e. The summed E-state index contributed by atoms with van der Waals surface area (Å²) < 4.78 is 32.0. The van der Waals surface area contributed by atoms with E-state index in [1.807, 2.05) is 13.8 Å². The molecular formula is C11H24N2O3S. The van der Waals surface area contributed by atoms with Gasteiger partial charge in [-0.2, -0.15) is 0 Å². The van der Waals surface area contributed by atoms with Crippen LogP contribution in [0.5, 0.6) is 0 Å². The molecule has 102 valence electrons. The fourth-order valence-electron chi connectivity index (χ4n) is 2.01. The number of nitrogens with two attached hydrogens (primary N) is 1. The fourth-order valence-corrected chi connectivity index (χ4v) is 3.71. The molecule has 2 atom stereocenters. The molecular weight excluding hydrogens is 240 g/mol. The van der Waals surface area contributed by atoms with Crippen LogP contribution in [0.3, 0.4) is 0 Å². The third-order valence-corrected chi connectivity index (χ3v) is 4.52. The third kappa shape index (κ3) is 5.33. The van der Waals surface area contributed by atoms with Crippen molar-refractivity contribution >= 4 is 10.0 Å². The maximum Gasteiger partial charge on any atom is 0.214 e.